The number of hydrogen-bond donors (Lipinski definition) is 0. The van der Waals surface area contributed by atoms with Crippen molar-refractivity contribution in [2.45, 2.75) is 44.9 Å². The highest BCUT2D eigenvalue weighted by Crippen LogP contribution is 2.26. The van der Waals surface area contributed by atoms with E-state index in [0.717, 1.165) is 4.47 Å². The lowest BCUT2D eigenvalue weighted by Crippen LogP contribution is -2.39. The quantitative estimate of drug-likeness (QED) is 0.799. The maximum Gasteiger partial charge on any atom is 0.411 e. The number of amides is 1. The zero-order valence-electron chi connectivity index (χ0n) is 12.9. The van der Waals surface area contributed by atoms with Crippen LogP contribution in [-0.2, 0) is 4.74 Å². The molecule has 1 aromatic rings. The maximum absolute atomic E-state index is 12.2. The standard InChI is InChI=1S/C16H19BrN2O3/c1-16(2,3)22-15(20)19-10-14(8-12(19)9-18)21-13-6-4-5-11(17)7-13/h4-7,12,14H,8,10H2,1-3H3/t12-,14-/m0/s1. The van der Waals surface area contributed by atoms with Gasteiger partial charge in [0.1, 0.15) is 23.5 Å². The smallest absolute Gasteiger partial charge is 0.411 e. The van der Waals surface area contributed by atoms with Crippen LogP contribution in [0.3, 0.4) is 0 Å². The Morgan fingerprint density at radius 1 is 1.45 bits per heavy atom. The first-order valence-electron chi connectivity index (χ1n) is 7.10. The predicted molar refractivity (Wildman–Crippen MR) is 85.5 cm³/mol. The number of nitriles is 1. The zero-order valence-corrected chi connectivity index (χ0v) is 14.5. The second kappa shape index (κ2) is 6.57. The van der Waals surface area contributed by atoms with Crippen LogP contribution >= 0.6 is 15.9 Å². The predicted octanol–water partition coefficient (Wildman–Crippen LogP) is 3.73. The third-order valence-electron chi connectivity index (χ3n) is 3.14. The highest BCUT2D eigenvalue weighted by Gasteiger charge is 2.38. The molecule has 6 heteroatoms. The van der Waals surface area contributed by atoms with Gasteiger partial charge in [0.25, 0.3) is 0 Å². The number of likely N-dealkylation sites (tertiary alicyclic amines) is 1. The number of carbonyl (C=O) groups is 1. The molecule has 0 bridgehead atoms. The minimum Gasteiger partial charge on any atom is -0.488 e. The first kappa shape index (κ1) is 16.6. The van der Waals surface area contributed by atoms with Crippen molar-refractivity contribution in [2.75, 3.05) is 6.54 Å². The van der Waals surface area contributed by atoms with E-state index < -0.39 is 17.7 Å². The van der Waals surface area contributed by atoms with Gasteiger partial charge in [-0.15, -0.1) is 0 Å². The van der Waals surface area contributed by atoms with Gasteiger partial charge in [-0.2, -0.15) is 5.26 Å². The van der Waals surface area contributed by atoms with Gasteiger partial charge in [-0.3, -0.25) is 4.90 Å². The molecule has 5 nitrogen and oxygen atoms in total. The molecule has 1 saturated heterocycles. The van der Waals surface area contributed by atoms with Gasteiger partial charge >= 0.3 is 6.09 Å². The maximum atomic E-state index is 12.2. The molecule has 1 amide bonds. The number of benzene rings is 1. The van der Waals surface area contributed by atoms with Crippen LogP contribution in [0, 0.1) is 11.3 Å². The molecule has 118 valence electrons. The third-order valence-corrected chi connectivity index (χ3v) is 3.63. The summed E-state index contributed by atoms with van der Waals surface area (Å²) < 4.78 is 12.1. The number of halogens is 1. The van der Waals surface area contributed by atoms with E-state index in [2.05, 4.69) is 22.0 Å². The van der Waals surface area contributed by atoms with Crippen LogP contribution in [0.5, 0.6) is 5.75 Å². The van der Waals surface area contributed by atoms with Crippen LogP contribution in [0.25, 0.3) is 0 Å². The molecule has 0 aromatic heterocycles. The minimum atomic E-state index is -0.583. The molecular formula is C16H19BrN2O3. The van der Waals surface area contributed by atoms with Gasteiger partial charge in [0.15, 0.2) is 0 Å². The molecule has 0 saturated carbocycles. The minimum absolute atomic E-state index is 0.216. The van der Waals surface area contributed by atoms with Crippen LogP contribution in [0.15, 0.2) is 28.7 Å². The van der Waals surface area contributed by atoms with Gasteiger partial charge in [0.05, 0.1) is 12.6 Å². The summed E-state index contributed by atoms with van der Waals surface area (Å²) in [4.78, 5) is 13.6. The number of carbonyl (C=O) groups excluding carboxylic acids is 1. The fourth-order valence-corrected chi connectivity index (χ4v) is 2.64. The number of ether oxygens (including phenoxy) is 2. The van der Waals surface area contributed by atoms with E-state index in [4.69, 9.17) is 9.47 Å². The van der Waals surface area contributed by atoms with Gasteiger partial charge in [-0.05, 0) is 39.0 Å². The average Bonchev–Trinajstić information content (AvgIpc) is 2.80. The van der Waals surface area contributed by atoms with Gasteiger partial charge in [0.2, 0.25) is 0 Å². The summed E-state index contributed by atoms with van der Waals surface area (Å²) in [5.41, 5.74) is -0.583. The molecule has 2 atom stereocenters. The number of hydrogen-bond acceptors (Lipinski definition) is 4. The van der Waals surface area contributed by atoms with E-state index in [1.807, 2.05) is 24.3 Å². The van der Waals surface area contributed by atoms with Gasteiger partial charge in [-0.1, -0.05) is 22.0 Å². The molecule has 1 aliphatic rings. The van der Waals surface area contributed by atoms with Crippen LogP contribution in [0.4, 0.5) is 4.79 Å². The number of nitrogens with zero attached hydrogens (tertiary/aromatic N) is 2. The summed E-state index contributed by atoms with van der Waals surface area (Å²) >= 11 is 3.39. The molecule has 1 aliphatic heterocycles. The van der Waals surface area contributed by atoms with Crippen LogP contribution < -0.4 is 4.74 Å². The third kappa shape index (κ3) is 4.38. The second-order valence-corrected chi connectivity index (χ2v) is 7.13. The molecule has 0 aliphatic carbocycles. The molecule has 1 heterocycles. The Morgan fingerprint density at radius 3 is 2.77 bits per heavy atom. The first-order chi connectivity index (χ1) is 10.3. The van der Waals surface area contributed by atoms with E-state index >= 15 is 0 Å². The summed E-state index contributed by atoms with van der Waals surface area (Å²) in [5, 5.41) is 9.25. The monoisotopic (exact) mass is 366 g/mol. The summed E-state index contributed by atoms with van der Waals surface area (Å²) in [6, 6.07) is 9.12. The fourth-order valence-electron chi connectivity index (χ4n) is 2.26. The summed E-state index contributed by atoms with van der Waals surface area (Å²) in [5.74, 6) is 0.710. The van der Waals surface area contributed by atoms with Gasteiger partial charge in [-0.25, -0.2) is 4.79 Å². The van der Waals surface area contributed by atoms with E-state index in [1.165, 1.54) is 4.90 Å². The van der Waals surface area contributed by atoms with Crippen molar-refractivity contribution in [1.82, 2.24) is 4.90 Å². The lowest BCUT2D eigenvalue weighted by Gasteiger charge is -2.25. The topological polar surface area (TPSA) is 62.6 Å². The van der Waals surface area contributed by atoms with Crippen molar-refractivity contribution < 1.29 is 14.3 Å². The van der Waals surface area contributed by atoms with Crippen molar-refractivity contribution >= 4 is 22.0 Å². The van der Waals surface area contributed by atoms with E-state index in [0.29, 0.717) is 18.7 Å². The molecule has 0 unspecified atom stereocenters. The van der Waals surface area contributed by atoms with Crippen molar-refractivity contribution in [3.8, 4) is 11.8 Å². The fraction of sp³-hybridized carbons (Fsp3) is 0.500. The molecule has 0 N–H and O–H groups in total. The van der Waals surface area contributed by atoms with E-state index in [9.17, 15) is 10.1 Å². The largest absolute Gasteiger partial charge is 0.488 e. The lowest BCUT2D eigenvalue weighted by molar-refractivity contribution is 0.0243. The lowest BCUT2D eigenvalue weighted by atomic mass is 10.2. The number of rotatable bonds is 2. The Kier molecular flexibility index (Phi) is 4.97. The Hall–Kier alpha value is -1.74. The molecule has 1 aromatic carbocycles. The Labute approximate surface area is 138 Å². The van der Waals surface area contributed by atoms with Crippen LogP contribution in [0.1, 0.15) is 27.2 Å². The normalized spacial score (nSPS) is 21.3. The summed E-state index contributed by atoms with van der Waals surface area (Å²) in [6.45, 7) is 5.76. The molecule has 0 spiro atoms. The second-order valence-electron chi connectivity index (χ2n) is 6.21. The van der Waals surface area contributed by atoms with Gasteiger partial charge < -0.3 is 9.47 Å². The average molecular weight is 367 g/mol. The van der Waals surface area contributed by atoms with Crippen molar-refractivity contribution in [2.24, 2.45) is 0 Å². The first-order valence-corrected chi connectivity index (χ1v) is 7.89. The molecular weight excluding hydrogens is 348 g/mol. The highest BCUT2D eigenvalue weighted by molar-refractivity contribution is 9.10. The van der Waals surface area contributed by atoms with Gasteiger partial charge in [0, 0.05) is 10.9 Å². The van der Waals surface area contributed by atoms with E-state index in [-0.39, 0.29) is 6.10 Å². The highest BCUT2D eigenvalue weighted by atomic mass is 79.9. The Bertz CT molecular complexity index is 592. The molecule has 0 radical (unpaired) electrons. The van der Waals surface area contributed by atoms with Crippen molar-refractivity contribution in [1.29, 1.82) is 5.26 Å². The Balaban J connectivity index is 2.03. The SMILES string of the molecule is CC(C)(C)OC(=O)N1C[C@@H](Oc2cccc(Br)c2)C[C@H]1C#N. The van der Waals surface area contributed by atoms with Crippen LogP contribution in [-0.4, -0.2) is 35.3 Å². The zero-order chi connectivity index (χ0) is 16.3. The molecule has 2 rings (SSSR count). The summed E-state index contributed by atoms with van der Waals surface area (Å²) in [7, 11) is 0. The molecule has 22 heavy (non-hydrogen) atoms. The summed E-state index contributed by atoms with van der Waals surface area (Å²) in [6.07, 6.45) is -0.215. The van der Waals surface area contributed by atoms with Crippen molar-refractivity contribution in [3.05, 3.63) is 28.7 Å². The molecule has 1 fully saturated rings. The Morgan fingerprint density at radius 2 is 2.18 bits per heavy atom. The van der Waals surface area contributed by atoms with Crippen molar-refractivity contribution in [3.63, 3.8) is 0 Å². The van der Waals surface area contributed by atoms with Crippen LogP contribution in [0.2, 0.25) is 0 Å². The van der Waals surface area contributed by atoms with E-state index in [1.54, 1.807) is 20.8 Å².